The number of hydrogen-bond acceptors (Lipinski definition) is 7. The van der Waals surface area contributed by atoms with Gasteiger partial charge >= 0.3 is 0 Å². The van der Waals surface area contributed by atoms with E-state index in [1.807, 2.05) is 55.5 Å². The maximum absolute atomic E-state index is 12.0. The number of nitrogens with zero attached hydrogens (tertiary/aromatic N) is 2. The highest BCUT2D eigenvalue weighted by Gasteiger charge is 2.17. The first-order chi connectivity index (χ1) is 18.9. The molecule has 0 fully saturated rings. The lowest BCUT2D eigenvalue weighted by Gasteiger charge is -2.15. The number of rotatable bonds is 7. The molecule has 2 aromatic heterocycles. The minimum Gasteiger partial charge on any atom is -0.506 e. The summed E-state index contributed by atoms with van der Waals surface area (Å²) < 4.78 is 47.5. The van der Waals surface area contributed by atoms with E-state index >= 15 is 0 Å². The SMILES string of the molecule is CC(CS(C)(=O)=O)c1cc(-c2cccc(-c3ncc(-c4ccc(S(C)(=O)=O)cc4)cc3O)c2)c2ncccc2c1. The van der Waals surface area contributed by atoms with Gasteiger partial charge in [-0.2, -0.15) is 0 Å². The lowest BCUT2D eigenvalue weighted by Crippen LogP contribution is -2.10. The van der Waals surface area contributed by atoms with E-state index in [1.165, 1.54) is 18.4 Å². The highest BCUT2D eigenvalue weighted by Crippen LogP contribution is 2.36. The smallest absolute Gasteiger partial charge is 0.175 e. The molecular formula is C31H28N2O5S2. The standard InChI is InChI=1S/C31H28N2O5S2/c1-20(19-39(2,35)36)25-15-23-8-5-13-32-30(23)28(16-25)22-6-4-7-24(14-22)31-29(34)17-26(18-33-31)21-9-11-27(12-10-21)40(3,37)38/h4-18,20,34H,19H2,1-3H3. The molecule has 0 bridgehead atoms. The fourth-order valence-electron chi connectivity index (χ4n) is 4.83. The Morgan fingerprint density at radius 3 is 2.17 bits per heavy atom. The second kappa shape index (κ2) is 10.5. The second-order valence-electron chi connectivity index (χ2n) is 10.1. The van der Waals surface area contributed by atoms with Gasteiger partial charge in [0.15, 0.2) is 9.84 Å². The molecule has 7 nitrogen and oxygen atoms in total. The van der Waals surface area contributed by atoms with Crippen molar-refractivity contribution in [3.05, 3.63) is 96.8 Å². The number of aromatic nitrogens is 2. The third-order valence-electron chi connectivity index (χ3n) is 6.78. The topological polar surface area (TPSA) is 114 Å². The number of pyridine rings is 2. The van der Waals surface area contributed by atoms with Crippen LogP contribution < -0.4 is 0 Å². The Labute approximate surface area is 234 Å². The van der Waals surface area contributed by atoms with Gasteiger partial charge in [0.25, 0.3) is 0 Å². The van der Waals surface area contributed by atoms with E-state index < -0.39 is 19.7 Å². The first-order valence-electron chi connectivity index (χ1n) is 12.6. The average Bonchev–Trinajstić information content (AvgIpc) is 2.91. The summed E-state index contributed by atoms with van der Waals surface area (Å²) in [7, 11) is -6.47. The maximum atomic E-state index is 12.0. The van der Waals surface area contributed by atoms with Crippen LogP contribution in [0.3, 0.4) is 0 Å². The summed E-state index contributed by atoms with van der Waals surface area (Å²) in [5.74, 6) is -0.175. The molecule has 0 radical (unpaired) electrons. The van der Waals surface area contributed by atoms with Crippen molar-refractivity contribution >= 4 is 30.6 Å². The fraction of sp³-hybridized carbons (Fsp3) is 0.161. The molecule has 3 aromatic carbocycles. The van der Waals surface area contributed by atoms with Gasteiger partial charge in [0.05, 0.1) is 16.2 Å². The molecule has 9 heteroatoms. The quantitative estimate of drug-likeness (QED) is 0.259. The van der Waals surface area contributed by atoms with Crippen molar-refractivity contribution in [3.63, 3.8) is 0 Å². The van der Waals surface area contributed by atoms with Gasteiger partial charge in [-0.05, 0) is 65.1 Å². The molecule has 40 heavy (non-hydrogen) atoms. The largest absolute Gasteiger partial charge is 0.506 e. The van der Waals surface area contributed by atoms with E-state index in [2.05, 4.69) is 9.97 Å². The Balaban J connectivity index is 1.54. The summed E-state index contributed by atoms with van der Waals surface area (Å²) in [4.78, 5) is 9.35. The first-order valence-corrected chi connectivity index (χ1v) is 16.5. The molecule has 1 unspecified atom stereocenters. The molecule has 0 saturated heterocycles. The van der Waals surface area contributed by atoms with Crippen LogP contribution >= 0.6 is 0 Å². The zero-order chi connectivity index (χ0) is 28.7. The van der Waals surface area contributed by atoms with Crippen LogP contribution in [-0.2, 0) is 19.7 Å². The number of sulfone groups is 2. The summed E-state index contributed by atoms with van der Waals surface area (Å²) >= 11 is 0. The molecule has 0 amide bonds. The first kappa shape index (κ1) is 27.5. The summed E-state index contributed by atoms with van der Waals surface area (Å²) in [5.41, 5.74) is 5.89. The number of hydrogen-bond donors (Lipinski definition) is 1. The minimum absolute atomic E-state index is 0.0136. The Morgan fingerprint density at radius 2 is 1.50 bits per heavy atom. The predicted molar refractivity (Wildman–Crippen MR) is 159 cm³/mol. The van der Waals surface area contributed by atoms with Gasteiger partial charge in [-0.3, -0.25) is 9.97 Å². The Hall–Kier alpha value is -4.08. The monoisotopic (exact) mass is 572 g/mol. The molecule has 5 aromatic rings. The van der Waals surface area contributed by atoms with Gasteiger partial charge in [-0.25, -0.2) is 16.8 Å². The van der Waals surface area contributed by atoms with Crippen molar-refractivity contribution in [3.8, 4) is 39.3 Å². The number of fused-ring (bicyclic) bond motifs is 1. The van der Waals surface area contributed by atoms with E-state index in [1.54, 1.807) is 30.6 Å². The number of benzene rings is 3. The summed E-state index contributed by atoms with van der Waals surface area (Å²) in [6.07, 6.45) is 5.76. The Morgan fingerprint density at radius 1 is 0.775 bits per heavy atom. The third-order valence-corrected chi connectivity index (χ3v) is 9.01. The average molecular weight is 573 g/mol. The molecule has 204 valence electrons. The van der Waals surface area contributed by atoms with Crippen LogP contribution in [0.25, 0.3) is 44.4 Å². The molecule has 0 saturated carbocycles. The Kier molecular flexibility index (Phi) is 7.20. The summed E-state index contributed by atoms with van der Waals surface area (Å²) in [5, 5.41) is 11.8. The lowest BCUT2D eigenvalue weighted by molar-refractivity contribution is 0.475. The molecule has 1 N–H and O–H groups in total. The van der Waals surface area contributed by atoms with Gasteiger partial charge in [-0.1, -0.05) is 43.3 Å². The number of aromatic hydroxyl groups is 1. The maximum Gasteiger partial charge on any atom is 0.175 e. The van der Waals surface area contributed by atoms with Crippen molar-refractivity contribution in [2.24, 2.45) is 0 Å². The third kappa shape index (κ3) is 5.90. The van der Waals surface area contributed by atoms with E-state index in [4.69, 9.17) is 0 Å². The van der Waals surface area contributed by atoms with Crippen molar-refractivity contribution in [1.82, 2.24) is 9.97 Å². The van der Waals surface area contributed by atoms with E-state index in [9.17, 15) is 21.9 Å². The van der Waals surface area contributed by atoms with Crippen LogP contribution in [-0.4, -0.2) is 50.2 Å². The normalized spacial score (nSPS) is 12.9. The molecule has 0 aliphatic carbocycles. The van der Waals surface area contributed by atoms with Crippen molar-refractivity contribution < 1.29 is 21.9 Å². The lowest BCUT2D eigenvalue weighted by atomic mass is 9.93. The minimum atomic E-state index is -3.31. The van der Waals surface area contributed by atoms with E-state index in [-0.39, 0.29) is 22.3 Å². The summed E-state index contributed by atoms with van der Waals surface area (Å²) in [6.45, 7) is 1.90. The summed E-state index contributed by atoms with van der Waals surface area (Å²) in [6, 6.07) is 23.4. The molecular weight excluding hydrogens is 544 g/mol. The molecule has 5 rings (SSSR count). The van der Waals surface area contributed by atoms with Crippen LogP contribution in [0.2, 0.25) is 0 Å². The van der Waals surface area contributed by atoms with Crippen LogP contribution in [0.1, 0.15) is 18.4 Å². The highest BCUT2D eigenvalue weighted by molar-refractivity contribution is 7.91. The van der Waals surface area contributed by atoms with Gasteiger partial charge in [0, 0.05) is 47.0 Å². The van der Waals surface area contributed by atoms with Crippen LogP contribution in [0, 0.1) is 0 Å². The van der Waals surface area contributed by atoms with E-state index in [0.29, 0.717) is 16.8 Å². The highest BCUT2D eigenvalue weighted by atomic mass is 32.2. The van der Waals surface area contributed by atoms with Gasteiger partial charge in [-0.15, -0.1) is 0 Å². The van der Waals surface area contributed by atoms with Gasteiger partial charge in [0.1, 0.15) is 21.3 Å². The van der Waals surface area contributed by atoms with Crippen molar-refractivity contribution in [2.75, 3.05) is 18.3 Å². The predicted octanol–water partition coefficient (Wildman–Crippen LogP) is 5.89. The molecule has 0 aliphatic rings. The van der Waals surface area contributed by atoms with E-state index in [0.717, 1.165) is 39.4 Å². The molecule has 0 spiro atoms. The van der Waals surface area contributed by atoms with Crippen LogP contribution in [0.4, 0.5) is 0 Å². The Bertz CT molecular complexity index is 1950. The fourth-order valence-corrected chi connectivity index (χ4v) is 6.56. The molecule has 1 atom stereocenters. The zero-order valence-electron chi connectivity index (χ0n) is 22.2. The molecule has 0 aliphatic heterocycles. The zero-order valence-corrected chi connectivity index (χ0v) is 23.9. The van der Waals surface area contributed by atoms with Gasteiger partial charge in [0.2, 0.25) is 0 Å². The second-order valence-corrected chi connectivity index (χ2v) is 14.3. The van der Waals surface area contributed by atoms with Crippen LogP contribution in [0.15, 0.2) is 96.2 Å². The van der Waals surface area contributed by atoms with Crippen molar-refractivity contribution in [2.45, 2.75) is 17.7 Å². The van der Waals surface area contributed by atoms with Crippen LogP contribution in [0.5, 0.6) is 5.75 Å². The molecule has 2 heterocycles. The van der Waals surface area contributed by atoms with Crippen molar-refractivity contribution in [1.29, 1.82) is 0 Å². The van der Waals surface area contributed by atoms with Gasteiger partial charge < -0.3 is 5.11 Å².